The molecule has 1 aromatic heterocycles. The average Bonchev–Trinajstić information content (AvgIpc) is 2.90. The van der Waals surface area contributed by atoms with Crippen LogP contribution < -0.4 is 4.74 Å². The van der Waals surface area contributed by atoms with Gasteiger partial charge >= 0.3 is 0 Å². The van der Waals surface area contributed by atoms with Crippen LogP contribution in [0.5, 0.6) is 10.9 Å². The molecular formula is C19H17F2NO2S. The third-order valence-electron chi connectivity index (χ3n) is 3.58. The molecule has 0 spiro atoms. The van der Waals surface area contributed by atoms with E-state index in [2.05, 4.69) is 4.98 Å². The molecule has 0 bridgehead atoms. The fourth-order valence-corrected chi connectivity index (χ4v) is 3.32. The Labute approximate surface area is 148 Å². The van der Waals surface area contributed by atoms with Gasteiger partial charge in [0.1, 0.15) is 11.5 Å². The van der Waals surface area contributed by atoms with E-state index < -0.39 is 11.6 Å². The van der Waals surface area contributed by atoms with Crippen molar-refractivity contribution in [3.63, 3.8) is 0 Å². The lowest BCUT2D eigenvalue weighted by Crippen LogP contribution is -2.06. The van der Waals surface area contributed by atoms with E-state index in [-0.39, 0.29) is 5.78 Å². The van der Waals surface area contributed by atoms with E-state index in [0.717, 1.165) is 29.0 Å². The third kappa shape index (κ3) is 4.39. The second-order valence-corrected chi connectivity index (χ2v) is 7.27. The van der Waals surface area contributed by atoms with Crippen molar-refractivity contribution >= 4 is 27.3 Å². The molecule has 130 valence electrons. The molecule has 0 amide bonds. The molecule has 0 atom stereocenters. The number of rotatable bonds is 6. The van der Waals surface area contributed by atoms with Gasteiger partial charge in [0.25, 0.3) is 5.19 Å². The van der Waals surface area contributed by atoms with Crippen LogP contribution >= 0.6 is 11.3 Å². The van der Waals surface area contributed by atoms with Gasteiger partial charge in [0.15, 0.2) is 11.6 Å². The van der Waals surface area contributed by atoms with E-state index in [4.69, 9.17) is 4.74 Å². The number of benzene rings is 2. The summed E-state index contributed by atoms with van der Waals surface area (Å²) in [6.45, 7) is 4.04. The van der Waals surface area contributed by atoms with Crippen molar-refractivity contribution in [2.24, 2.45) is 5.92 Å². The summed E-state index contributed by atoms with van der Waals surface area (Å²) in [4.78, 5) is 16.0. The number of aromatic nitrogens is 1. The monoisotopic (exact) mass is 361 g/mol. The molecule has 2 aromatic carbocycles. The molecule has 0 unspecified atom stereocenters. The molecule has 25 heavy (non-hydrogen) atoms. The maximum absolute atomic E-state index is 13.2. The van der Waals surface area contributed by atoms with Crippen molar-refractivity contribution in [2.75, 3.05) is 0 Å². The zero-order valence-corrected chi connectivity index (χ0v) is 14.7. The fourth-order valence-electron chi connectivity index (χ4n) is 2.48. The average molecular weight is 361 g/mol. The highest BCUT2D eigenvalue weighted by atomic mass is 32.1. The zero-order valence-electron chi connectivity index (χ0n) is 13.9. The minimum Gasteiger partial charge on any atom is -0.431 e. The Morgan fingerprint density at radius 2 is 1.84 bits per heavy atom. The first kappa shape index (κ1) is 17.5. The number of ketones is 1. The van der Waals surface area contributed by atoms with Crippen LogP contribution in [0.25, 0.3) is 10.2 Å². The number of nitrogens with zero attached hydrogens (tertiary/aromatic N) is 1. The van der Waals surface area contributed by atoms with Crippen LogP contribution in [0.15, 0.2) is 36.4 Å². The number of thiazole rings is 1. The number of fused-ring (bicyclic) bond motifs is 1. The van der Waals surface area contributed by atoms with Gasteiger partial charge in [-0.2, -0.15) is 0 Å². The first-order valence-electron chi connectivity index (χ1n) is 7.95. The summed E-state index contributed by atoms with van der Waals surface area (Å²) in [5.74, 6) is -0.722. The van der Waals surface area contributed by atoms with Gasteiger partial charge < -0.3 is 4.74 Å². The summed E-state index contributed by atoms with van der Waals surface area (Å²) in [5.41, 5.74) is 1.28. The van der Waals surface area contributed by atoms with Crippen LogP contribution in [0.3, 0.4) is 0 Å². The first-order valence-corrected chi connectivity index (χ1v) is 8.76. The van der Waals surface area contributed by atoms with Crippen LogP contribution in [-0.4, -0.2) is 10.8 Å². The second-order valence-electron chi connectivity index (χ2n) is 6.27. The van der Waals surface area contributed by atoms with Crippen molar-refractivity contribution in [3.05, 3.63) is 53.6 Å². The minimum absolute atomic E-state index is 0.207. The Hall–Kier alpha value is -2.34. The Kier molecular flexibility index (Phi) is 5.08. The summed E-state index contributed by atoms with van der Waals surface area (Å²) in [7, 11) is 0. The molecule has 0 fully saturated rings. The van der Waals surface area contributed by atoms with Crippen LogP contribution in [0.1, 0.15) is 25.8 Å². The number of ether oxygens (including phenoxy) is 1. The van der Waals surface area contributed by atoms with Crippen molar-refractivity contribution in [2.45, 2.75) is 26.7 Å². The Balaban J connectivity index is 1.70. The maximum atomic E-state index is 13.2. The van der Waals surface area contributed by atoms with Crippen molar-refractivity contribution in [1.29, 1.82) is 0 Å². The summed E-state index contributed by atoms with van der Waals surface area (Å²) in [5, 5.41) is 0.309. The molecule has 3 rings (SSSR count). The van der Waals surface area contributed by atoms with Crippen LogP contribution in [0, 0.1) is 17.6 Å². The lowest BCUT2D eigenvalue weighted by molar-refractivity contribution is -0.119. The highest BCUT2D eigenvalue weighted by Gasteiger charge is 2.11. The number of hydrogen-bond acceptors (Lipinski definition) is 4. The van der Waals surface area contributed by atoms with Crippen molar-refractivity contribution in [1.82, 2.24) is 4.98 Å². The Morgan fingerprint density at radius 3 is 2.52 bits per heavy atom. The molecule has 0 saturated heterocycles. The SMILES string of the molecule is CC(C)CC(=O)Cc1ccc(Oc2nc3cc(F)c(F)cc3s2)cc1. The number of carbonyl (C=O) groups excluding carboxylic acids is 1. The van der Waals surface area contributed by atoms with Gasteiger partial charge in [0.05, 0.1) is 10.2 Å². The normalized spacial score (nSPS) is 11.2. The summed E-state index contributed by atoms with van der Waals surface area (Å²) < 4.78 is 32.6. The van der Waals surface area contributed by atoms with E-state index >= 15 is 0 Å². The minimum atomic E-state index is -0.931. The van der Waals surface area contributed by atoms with Crippen LogP contribution in [-0.2, 0) is 11.2 Å². The molecule has 0 aliphatic carbocycles. The van der Waals surface area contributed by atoms with Gasteiger partial charge in [0.2, 0.25) is 0 Å². The quantitative estimate of drug-likeness (QED) is 0.580. The molecule has 0 saturated carbocycles. The molecular weight excluding hydrogens is 344 g/mol. The number of carbonyl (C=O) groups is 1. The molecule has 0 radical (unpaired) electrons. The topological polar surface area (TPSA) is 39.2 Å². The second kappa shape index (κ2) is 7.27. The molecule has 3 aromatic rings. The van der Waals surface area contributed by atoms with Gasteiger partial charge in [-0.05, 0) is 29.7 Å². The fraction of sp³-hybridized carbons (Fsp3) is 0.263. The van der Waals surface area contributed by atoms with Crippen LogP contribution in [0.4, 0.5) is 8.78 Å². The standard InChI is InChI=1S/C19H17F2NO2S/c1-11(2)7-13(23)8-12-3-5-14(6-4-12)24-19-22-17-9-15(20)16(21)10-18(17)25-19/h3-6,9-11H,7-8H2,1-2H3. The lowest BCUT2D eigenvalue weighted by Gasteiger charge is -2.05. The summed E-state index contributed by atoms with van der Waals surface area (Å²) >= 11 is 1.14. The van der Waals surface area contributed by atoms with Crippen LogP contribution in [0.2, 0.25) is 0 Å². The third-order valence-corrected chi connectivity index (χ3v) is 4.47. The Bertz CT molecular complexity index is 865. The van der Waals surface area contributed by atoms with E-state index in [9.17, 15) is 13.6 Å². The van der Waals surface area contributed by atoms with Gasteiger partial charge in [-0.15, -0.1) is 0 Å². The van der Waals surface area contributed by atoms with E-state index in [1.165, 1.54) is 0 Å². The van der Waals surface area contributed by atoms with Crippen molar-refractivity contribution < 1.29 is 18.3 Å². The molecule has 0 N–H and O–H groups in total. The Morgan fingerprint density at radius 1 is 1.16 bits per heavy atom. The largest absolute Gasteiger partial charge is 0.431 e. The molecule has 6 heteroatoms. The zero-order chi connectivity index (χ0) is 18.0. The van der Waals surface area contributed by atoms with Crippen molar-refractivity contribution in [3.8, 4) is 10.9 Å². The number of hydrogen-bond donors (Lipinski definition) is 0. The number of Topliss-reactive ketones (excluding diaryl/α,β-unsaturated/α-hetero) is 1. The smallest absolute Gasteiger partial charge is 0.279 e. The predicted molar refractivity (Wildman–Crippen MR) is 94.2 cm³/mol. The lowest BCUT2D eigenvalue weighted by atomic mass is 10.0. The highest BCUT2D eigenvalue weighted by molar-refractivity contribution is 7.20. The van der Waals surface area contributed by atoms with Gasteiger partial charge in [0, 0.05) is 18.9 Å². The van der Waals surface area contributed by atoms with E-state index in [1.807, 2.05) is 26.0 Å². The first-order chi connectivity index (χ1) is 11.9. The van der Waals surface area contributed by atoms with Gasteiger partial charge in [-0.3, -0.25) is 4.79 Å². The summed E-state index contributed by atoms with van der Waals surface area (Å²) in [6, 6.07) is 9.34. The van der Waals surface area contributed by atoms with E-state index in [1.54, 1.807) is 12.1 Å². The molecule has 1 heterocycles. The maximum Gasteiger partial charge on any atom is 0.279 e. The van der Waals surface area contributed by atoms with E-state index in [0.29, 0.717) is 39.9 Å². The molecule has 3 nitrogen and oxygen atoms in total. The summed E-state index contributed by atoms with van der Waals surface area (Å²) in [6.07, 6.45) is 0.967. The predicted octanol–water partition coefficient (Wildman–Crippen LogP) is 5.52. The van der Waals surface area contributed by atoms with Gasteiger partial charge in [-0.25, -0.2) is 13.8 Å². The highest BCUT2D eigenvalue weighted by Crippen LogP contribution is 2.32. The number of halogens is 2. The molecule has 0 aliphatic heterocycles. The van der Waals surface area contributed by atoms with Gasteiger partial charge in [-0.1, -0.05) is 37.3 Å². The molecule has 0 aliphatic rings.